The Morgan fingerprint density at radius 3 is 2.30 bits per heavy atom. The second-order valence-corrected chi connectivity index (χ2v) is 5.94. The number of nitrogens with zero attached hydrogens (tertiary/aromatic N) is 2. The second-order valence-electron chi connectivity index (χ2n) is 4.78. The zero-order valence-electron chi connectivity index (χ0n) is 11.5. The Balaban J connectivity index is 2.22. The summed E-state index contributed by atoms with van der Waals surface area (Å²) in [5.41, 5.74) is -0.220. The van der Waals surface area contributed by atoms with Crippen LogP contribution in [-0.2, 0) is 6.18 Å². The Morgan fingerprint density at radius 2 is 1.70 bits per heavy atom. The fraction of sp³-hybridized carbons (Fsp3) is 0.0625. The first-order valence-electron chi connectivity index (χ1n) is 6.53. The third-order valence-corrected chi connectivity index (χ3v) is 4.08. The van der Waals surface area contributed by atoms with Crippen molar-refractivity contribution >= 4 is 22.6 Å². The number of benzene rings is 2. The monoisotopic (exact) mass is 432 g/mol. The molecule has 0 amide bonds. The molecule has 0 fully saturated rings. The van der Waals surface area contributed by atoms with Crippen molar-refractivity contribution < 1.29 is 17.6 Å². The highest BCUT2D eigenvalue weighted by molar-refractivity contribution is 14.1. The Morgan fingerprint density at radius 1 is 1.00 bits per heavy atom. The van der Waals surface area contributed by atoms with E-state index >= 15 is 0 Å². The van der Waals surface area contributed by atoms with Crippen LogP contribution in [0, 0.1) is 9.39 Å². The maximum Gasteiger partial charge on any atom is 0.434 e. The number of imidazole rings is 1. The van der Waals surface area contributed by atoms with Crippen LogP contribution >= 0.6 is 22.6 Å². The van der Waals surface area contributed by atoms with Gasteiger partial charge in [0.2, 0.25) is 0 Å². The second kappa shape index (κ2) is 5.95. The van der Waals surface area contributed by atoms with Gasteiger partial charge in [-0.25, -0.2) is 9.37 Å². The zero-order chi connectivity index (χ0) is 16.6. The van der Waals surface area contributed by atoms with E-state index in [2.05, 4.69) is 4.98 Å². The quantitative estimate of drug-likeness (QED) is 0.397. The topological polar surface area (TPSA) is 17.8 Å². The highest BCUT2D eigenvalue weighted by Gasteiger charge is 2.35. The molecule has 2 nitrogen and oxygen atoms in total. The highest BCUT2D eigenvalue weighted by Crippen LogP contribution is 2.32. The maximum atomic E-state index is 13.8. The minimum atomic E-state index is -4.57. The van der Waals surface area contributed by atoms with Gasteiger partial charge >= 0.3 is 6.18 Å². The predicted octanol–water partition coefficient (Wildman–Crippen LogP) is 5.30. The molecule has 0 saturated heterocycles. The van der Waals surface area contributed by atoms with E-state index in [1.54, 1.807) is 36.4 Å². The molecule has 118 valence electrons. The van der Waals surface area contributed by atoms with Gasteiger partial charge in [0.1, 0.15) is 11.6 Å². The van der Waals surface area contributed by atoms with E-state index in [0.717, 1.165) is 6.20 Å². The molecule has 2 aromatic carbocycles. The third-order valence-electron chi connectivity index (χ3n) is 3.21. The van der Waals surface area contributed by atoms with E-state index in [9.17, 15) is 17.6 Å². The average Bonchev–Trinajstić information content (AvgIpc) is 2.96. The lowest BCUT2D eigenvalue weighted by molar-refractivity contribution is -0.140. The van der Waals surface area contributed by atoms with Gasteiger partial charge in [-0.05, 0) is 40.8 Å². The summed E-state index contributed by atoms with van der Waals surface area (Å²) in [6, 6.07) is 12.7. The molecular weight excluding hydrogens is 423 g/mol. The van der Waals surface area contributed by atoms with Gasteiger partial charge in [0.05, 0.1) is 5.69 Å². The lowest BCUT2D eigenvalue weighted by atomic mass is 10.2. The van der Waals surface area contributed by atoms with Crippen LogP contribution in [0.5, 0.6) is 0 Å². The summed E-state index contributed by atoms with van der Waals surface area (Å²) in [6.07, 6.45) is -3.69. The van der Waals surface area contributed by atoms with Crippen LogP contribution in [0.1, 0.15) is 5.69 Å². The van der Waals surface area contributed by atoms with Crippen LogP contribution in [0.15, 0.2) is 54.7 Å². The minimum absolute atomic E-state index is 0.110. The summed E-state index contributed by atoms with van der Waals surface area (Å²) < 4.78 is 54.4. The van der Waals surface area contributed by atoms with Gasteiger partial charge in [0.15, 0.2) is 5.69 Å². The number of rotatable bonds is 2. The predicted molar refractivity (Wildman–Crippen MR) is 86.7 cm³/mol. The average molecular weight is 432 g/mol. The van der Waals surface area contributed by atoms with E-state index in [1.165, 1.54) is 16.7 Å². The summed E-state index contributed by atoms with van der Waals surface area (Å²) in [4.78, 5) is 3.69. The number of halogens is 5. The lowest BCUT2D eigenvalue weighted by Gasteiger charge is -2.08. The van der Waals surface area contributed by atoms with Gasteiger partial charge in [-0.15, -0.1) is 0 Å². The number of hydrogen-bond acceptors (Lipinski definition) is 1. The normalized spacial score (nSPS) is 11.7. The molecule has 0 unspecified atom stereocenters. The minimum Gasteiger partial charge on any atom is -0.299 e. The van der Waals surface area contributed by atoms with Crippen LogP contribution in [0.2, 0.25) is 0 Å². The Bertz CT molecular complexity index is 841. The Hall–Kier alpha value is -1.90. The van der Waals surface area contributed by atoms with Crippen molar-refractivity contribution in [3.63, 3.8) is 0 Å². The van der Waals surface area contributed by atoms with Crippen molar-refractivity contribution in [2.45, 2.75) is 6.18 Å². The molecule has 0 aliphatic rings. The molecule has 0 saturated carbocycles. The third kappa shape index (κ3) is 3.24. The first kappa shape index (κ1) is 16.0. The fourth-order valence-electron chi connectivity index (χ4n) is 2.14. The van der Waals surface area contributed by atoms with Crippen molar-refractivity contribution in [1.29, 1.82) is 0 Å². The van der Waals surface area contributed by atoms with Crippen LogP contribution in [0.3, 0.4) is 0 Å². The van der Waals surface area contributed by atoms with Crippen molar-refractivity contribution in [3.05, 3.63) is 69.8 Å². The van der Waals surface area contributed by atoms with Gasteiger partial charge < -0.3 is 0 Å². The molecule has 0 bridgehead atoms. The molecule has 1 heterocycles. The van der Waals surface area contributed by atoms with Crippen LogP contribution in [0.25, 0.3) is 17.1 Å². The van der Waals surface area contributed by atoms with Gasteiger partial charge in [0.25, 0.3) is 0 Å². The Labute approximate surface area is 142 Å². The Kier molecular flexibility index (Phi) is 4.13. The molecular formula is C16H9F4IN2. The van der Waals surface area contributed by atoms with E-state index < -0.39 is 17.7 Å². The van der Waals surface area contributed by atoms with E-state index in [0.29, 0.717) is 9.13 Å². The largest absolute Gasteiger partial charge is 0.434 e. The molecule has 3 aromatic rings. The smallest absolute Gasteiger partial charge is 0.299 e. The van der Waals surface area contributed by atoms with Crippen molar-refractivity contribution in [2.75, 3.05) is 0 Å². The highest BCUT2D eigenvalue weighted by atomic mass is 127. The number of hydrogen-bond donors (Lipinski definition) is 0. The van der Waals surface area contributed by atoms with Crippen molar-refractivity contribution in [1.82, 2.24) is 9.55 Å². The number of aromatic nitrogens is 2. The van der Waals surface area contributed by atoms with Crippen molar-refractivity contribution in [3.8, 4) is 17.1 Å². The summed E-state index contributed by atoms with van der Waals surface area (Å²) >= 11 is 1.82. The first-order valence-corrected chi connectivity index (χ1v) is 7.61. The SMILES string of the molecule is Fc1cc(-n2cc(C(F)(F)F)nc2-c2ccccc2)ccc1I. The summed E-state index contributed by atoms with van der Waals surface area (Å²) in [6.45, 7) is 0. The van der Waals surface area contributed by atoms with Crippen LogP contribution in [0.4, 0.5) is 17.6 Å². The molecule has 1 aromatic heterocycles. The van der Waals surface area contributed by atoms with E-state index in [4.69, 9.17) is 0 Å². The van der Waals surface area contributed by atoms with E-state index in [1.807, 2.05) is 22.6 Å². The van der Waals surface area contributed by atoms with Gasteiger partial charge in [-0.2, -0.15) is 13.2 Å². The molecule has 3 rings (SSSR count). The lowest BCUT2D eigenvalue weighted by Crippen LogP contribution is -2.05. The fourth-order valence-corrected chi connectivity index (χ4v) is 2.47. The zero-order valence-corrected chi connectivity index (χ0v) is 13.6. The van der Waals surface area contributed by atoms with Gasteiger partial charge in [-0.3, -0.25) is 4.57 Å². The maximum absolute atomic E-state index is 13.8. The standard InChI is InChI=1S/C16H9F4IN2/c17-12-8-11(6-7-13(12)21)23-9-14(16(18,19)20)22-15(23)10-4-2-1-3-5-10/h1-9H. The molecule has 0 radical (unpaired) electrons. The molecule has 23 heavy (non-hydrogen) atoms. The molecule has 0 spiro atoms. The molecule has 0 atom stereocenters. The van der Waals surface area contributed by atoms with E-state index in [-0.39, 0.29) is 11.5 Å². The molecule has 0 aliphatic carbocycles. The molecule has 0 N–H and O–H groups in total. The molecule has 0 aliphatic heterocycles. The summed E-state index contributed by atoms with van der Waals surface area (Å²) in [7, 11) is 0. The van der Waals surface area contributed by atoms with Crippen LogP contribution < -0.4 is 0 Å². The summed E-state index contributed by atoms with van der Waals surface area (Å²) in [5.74, 6) is -0.386. The summed E-state index contributed by atoms with van der Waals surface area (Å²) in [5, 5.41) is 0. The van der Waals surface area contributed by atoms with Crippen molar-refractivity contribution in [2.24, 2.45) is 0 Å². The molecule has 7 heteroatoms. The van der Waals surface area contributed by atoms with Gasteiger partial charge in [0, 0.05) is 15.3 Å². The number of alkyl halides is 3. The van der Waals surface area contributed by atoms with Gasteiger partial charge in [-0.1, -0.05) is 30.3 Å². The van der Waals surface area contributed by atoms with Crippen LogP contribution in [-0.4, -0.2) is 9.55 Å². The first-order chi connectivity index (χ1) is 10.9.